The van der Waals surface area contributed by atoms with Crippen LogP contribution in [0.4, 0.5) is 18.9 Å². The number of nitrogens with one attached hydrogen (secondary N) is 1. The van der Waals surface area contributed by atoms with Gasteiger partial charge in [-0.15, -0.1) is 0 Å². The first-order chi connectivity index (χ1) is 9.73. The Bertz CT molecular complexity index is 609. The SMILES string of the molecule is N#CCOc1ccccc1NS(=O)(=O)CCCC(F)(F)F. The number of alkyl halides is 3. The molecule has 0 amide bonds. The van der Waals surface area contributed by atoms with Gasteiger partial charge in [-0.1, -0.05) is 12.1 Å². The number of anilines is 1. The molecular formula is C12H13F3N2O3S. The summed E-state index contributed by atoms with van der Waals surface area (Å²) in [5.74, 6) is -0.516. The molecule has 21 heavy (non-hydrogen) atoms. The molecular weight excluding hydrogens is 309 g/mol. The second-order valence-corrected chi connectivity index (χ2v) is 5.92. The van der Waals surface area contributed by atoms with Crippen LogP contribution in [0.15, 0.2) is 24.3 Å². The summed E-state index contributed by atoms with van der Waals surface area (Å²) >= 11 is 0. The van der Waals surface area contributed by atoms with Crippen LogP contribution in [0, 0.1) is 11.3 Å². The van der Waals surface area contributed by atoms with Crippen molar-refractivity contribution in [2.75, 3.05) is 17.1 Å². The minimum Gasteiger partial charge on any atom is -0.477 e. The summed E-state index contributed by atoms with van der Waals surface area (Å²) in [7, 11) is -3.92. The quantitative estimate of drug-likeness (QED) is 0.837. The molecule has 0 aliphatic carbocycles. The predicted octanol–water partition coefficient (Wildman–Crippen LogP) is 2.67. The van der Waals surface area contributed by atoms with Crippen LogP contribution < -0.4 is 9.46 Å². The molecule has 9 heteroatoms. The molecule has 0 saturated carbocycles. The van der Waals surface area contributed by atoms with Gasteiger partial charge in [0.25, 0.3) is 0 Å². The van der Waals surface area contributed by atoms with E-state index in [1.54, 1.807) is 12.1 Å². The van der Waals surface area contributed by atoms with E-state index in [1.165, 1.54) is 18.2 Å². The number of nitrogens with zero attached hydrogens (tertiary/aromatic N) is 1. The van der Waals surface area contributed by atoms with E-state index in [1.807, 2.05) is 0 Å². The molecule has 0 bridgehead atoms. The number of halogens is 3. The van der Waals surface area contributed by atoms with Crippen molar-refractivity contribution in [3.05, 3.63) is 24.3 Å². The second-order valence-electron chi connectivity index (χ2n) is 4.08. The van der Waals surface area contributed by atoms with Crippen molar-refractivity contribution < 1.29 is 26.3 Å². The lowest BCUT2D eigenvalue weighted by Crippen LogP contribution is -2.19. The molecule has 0 saturated heterocycles. The summed E-state index contributed by atoms with van der Waals surface area (Å²) in [6.07, 6.45) is -6.08. The van der Waals surface area contributed by atoms with Crippen molar-refractivity contribution >= 4 is 15.7 Å². The lowest BCUT2D eigenvalue weighted by Gasteiger charge is -2.12. The summed E-state index contributed by atoms with van der Waals surface area (Å²) in [5, 5.41) is 8.42. The molecule has 0 aromatic heterocycles. The fourth-order valence-corrected chi connectivity index (χ4v) is 2.60. The van der Waals surface area contributed by atoms with Crippen LogP contribution in [0.2, 0.25) is 0 Å². The van der Waals surface area contributed by atoms with Crippen LogP contribution in [0.3, 0.4) is 0 Å². The molecule has 0 aliphatic rings. The van der Waals surface area contributed by atoms with Gasteiger partial charge >= 0.3 is 6.18 Å². The Kier molecular flexibility index (Phi) is 5.84. The van der Waals surface area contributed by atoms with Crippen LogP contribution in [-0.4, -0.2) is 27.0 Å². The third kappa shape index (κ3) is 6.85. The summed E-state index contributed by atoms with van der Waals surface area (Å²) in [4.78, 5) is 0. The van der Waals surface area contributed by atoms with Gasteiger partial charge < -0.3 is 4.74 Å². The molecule has 0 fully saturated rings. The Hall–Kier alpha value is -1.95. The maximum absolute atomic E-state index is 12.0. The summed E-state index contributed by atoms with van der Waals surface area (Å²) in [5.41, 5.74) is 0.0831. The van der Waals surface area contributed by atoms with Gasteiger partial charge in [-0.25, -0.2) is 8.42 Å². The van der Waals surface area contributed by atoms with E-state index in [-0.39, 0.29) is 18.0 Å². The molecule has 0 radical (unpaired) electrons. The molecule has 1 aromatic rings. The highest BCUT2D eigenvalue weighted by molar-refractivity contribution is 7.92. The van der Waals surface area contributed by atoms with Gasteiger partial charge in [-0.05, 0) is 18.6 Å². The molecule has 1 rings (SSSR count). The monoisotopic (exact) mass is 322 g/mol. The number of hydrogen-bond donors (Lipinski definition) is 1. The average Bonchev–Trinajstić information content (AvgIpc) is 2.35. The number of nitriles is 1. The van der Waals surface area contributed by atoms with E-state index in [9.17, 15) is 21.6 Å². The number of benzene rings is 1. The van der Waals surface area contributed by atoms with Crippen molar-refractivity contribution in [2.24, 2.45) is 0 Å². The van der Waals surface area contributed by atoms with Crippen LogP contribution in [0.5, 0.6) is 5.75 Å². The van der Waals surface area contributed by atoms with Crippen molar-refractivity contribution in [1.29, 1.82) is 5.26 Å². The van der Waals surface area contributed by atoms with Crippen molar-refractivity contribution in [3.8, 4) is 11.8 Å². The molecule has 0 unspecified atom stereocenters. The fraction of sp³-hybridized carbons (Fsp3) is 0.417. The number of para-hydroxylation sites is 2. The van der Waals surface area contributed by atoms with Crippen LogP contribution in [-0.2, 0) is 10.0 Å². The van der Waals surface area contributed by atoms with E-state index in [4.69, 9.17) is 10.00 Å². The highest BCUT2D eigenvalue weighted by Gasteiger charge is 2.27. The Labute approximate surface area is 120 Å². The normalized spacial score (nSPS) is 11.7. The third-order valence-electron chi connectivity index (χ3n) is 2.32. The van der Waals surface area contributed by atoms with Crippen LogP contribution >= 0.6 is 0 Å². The first kappa shape index (κ1) is 17.1. The summed E-state index contributed by atoms with van der Waals surface area (Å²) in [6, 6.07) is 7.69. The van der Waals surface area contributed by atoms with Gasteiger partial charge in [0.15, 0.2) is 6.61 Å². The van der Waals surface area contributed by atoms with Crippen molar-refractivity contribution in [1.82, 2.24) is 0 Å². The van der Waals surface area contributed by atoms with Gasteiger partial charge in [0, 0.05) is 6.42 Å². The van der Waals surface area contributed by atoms with Crippen molar-refractivity contribution in [2.45, 2.75) is 19.0 Å². The number of sulfonamides is 1. The standard InChI is InChI=1S/C12H13F3N2O3S/c13-12(14,15)6-3-9-21(18,19)17-10-4-1-2-5-11(10)20-8-7-16/h1-2,4-5,17H,3,6,8-9H2. The maximum Gasteiger partial charge on any atom is 0.389 e. The number of ether oxygens (including phenoxy) is 1. The molecule has 0 atom stereocenters. The van der Waals surface area contributed by atoms with E-state index < -0.39 is 34.8 Å². The van der Waals surface area contributed by atoms with E-state index in [2.05, 4.69) is 4.72 Å². The number of hydrogen-bond acceptors (Lipinski definition) is 4. The van der Waals surface area contributed by atoms with Crippen molar-refractivity contribution in [3.63, 3.8) is 0 Å². The van der Waals surface area contributed by atoms with Gasteiger partial charge in [0.05, 0.1) is 11.4 Å². The van der Waals surface area contributed by atoms with E-state index in [0.717, 1.165) is 0 Å². The lowest BCUT2D eigenvalue weighted by atomic mass is 10.3. The highest BCUT2D eigenvalue weighted by atomic mass is 32.2. The Balaban J connectivity index is 2.69. The minimum atomic E-state index is -4.39. The lowest BCUT2D eigenvalue weighted by molar-refractivity contribution is -0.134. The Morgan fingerprint density at radius 2 is 1.95 bits per heavy atom. The Morgan fingerprint density at radius 3 is 2.57 bits per heavy atom. The molecule has 5 nitrogen and oxygen atoms in total. The molecule has 0 spiro atoms. The first-order valence-corrected chi connectivity index (χ1v) is 7.55. The first-order valence-electron chi connectivity index (χ1n) is 5.89. The zero-order chi connectivity index (χ0) is 15.9. The van der Waals surface area contributed by atoms with Crippen LogP contribution in [0.1, 0.15) is 12.8 Å². The second kappa shape index (κ2) is 7.17. The van der Waals surface area contributed by atoms with Gasteiger partial charge in [-0.2, -0.15) is 18.4 Å². The molecule has 1 aromatic carbocycles. The fourth-order valence-electron chi connectivity index (χ4n) is 1.47. The van der Waals surface area contributed by atoms with E-state index in [0.29, 0.717) is 0 Å². The summed E-state index contributed by atoms with van der Waals surface area (Å²) < 4.78 is 66.6. The maximum atomic E-state index is 12.0. The molecule has 0 heterocycles. The smallest absolute Gasteiger partial charge is 0.389 e. The molecule has 116 valence electrons. The molecule has 1 N–H and O–H groups in total. The largest absolute Gasteiger partial charge is 0.477 e. The zero-order valence-electron chi connectivity index (χ0n) is 10.9. The highest BCUT2D eigenvalue weighted by Crippen LogP contribution is 2.26. The topological polar surface area (TPSA) is 79.2 Å². The van der Waals surface area contributed by atoms with Gasteiger partial charge in [-0.3, -0.25) is 4.72 Å². The molecule has 0 aliphatic heterocycles. The van der Waals surface area contributed by atoms with Gasteiger partial charge in [0.2, 0.25) is 10.0 Å². The van der Waals surface area contributed by atoms with Gasteiger partial charge in [0.1, 0.15) is 11.8 Å². The average molecular weight is 322 g/mol. The third-order valence-corrected chi connectivity index (χ3v) is 3.68. The van der Waals surface area contributed by atoms with Crippen LogP contribution in [0.25, 0.3) is 0 Å². The van der Waals surface area contributed by atoms with E-state index >= 15 is 0 Å². The predicted molar refractivity (Wildman–Crippen MR) is 70.2 cm³/mol. The summed E-state index contributed by atoms with van der Waals surface area (Å²) in [6.45, 7) is -0.271. The minimum absolute atomic E-state index is 0.0831. The Morgan fingerprint density at radius 1 is 1.29 bits per heavy atom. The zero-order valence-corrected chi connectivity index (χ0v) is 11.7. The number of rotatable bonds is 7.